The first-order valence-corrected chi connectivity index (χ1v) is 6.03. The fourth-order valence-electron chi connectivity index (χ4n) is 1.78. The highest BCUT2D eigenvalue weighted by molar-refractivity contribution is 6.30. The molecule has 0 bridgehead atoms. The van der Waals surface area contributed by atoms with E-state index in [2.05, 4.69) is 5.32 Å². The minimum absolute atomic E-state index is 0.0966. The van der Waals surface area contributed by atoms with Gasteiger partial charge in [-0.15, -0.1) is 0 Å². The van der Waals surface area contributed by atoms with Crippen LogP contribution >= 0.6 is 11.6 Å². The first-order valence-electron chi connectivity index (χ1n) is 5.65. The number of benzene rings is 1. The number of hydrogen-bond acceptors (Lipinski definition) is 4. The SMILES string of the molecule is N#C[C@H](C[C@@H]1Oc2cc(Cl)ccc2NC1=O)NC(=O)O. The van der Waals surface area contributed by atoms with Crippen LogP contribution in [0, 0.1) is 11.3 Å². The molecular formula is C12H10ClN3O4. The number of nitrogens with one attached hydrogen (secondary N) is 2. The van der Waals surface area contributed by atoms with Crippen molar-refractivity contribution in [2.45, 2.75) is 18.6 Å². The predicted octanol–water partition coefficient (Wildman–Crippen LogP) is 1.59. The first-order chi connectivity index (χ1) is 9.49. The van der Waals surface area contributed by atoms with Gasteiger partial charge in [-0.2, -0.15) is 5.26 Å². The lowest BCUT2D eigenvalue weighted by Gasteiger charge is -2.27. The molecule has 0 saturated carbocycles. The van der Waals surface area contributed by atoms with Gasteiger partial charge in [-0.3, -0.25) is 4.79 Å². The molecule has 1 aliphatic heterocycles. The maximum Gasteiger partial charge on any atom is 0.405 e. The monoisotopic (exact) mass is 295 g/mol. The number of carboxylic acid groups (broad SMARTS) is 1. The highest BCUT2D eigenvalue weighted by Gasteiger charge is 2.30. The molecule has 1 aromatic rings. The summed E-state index contributed by atoms with van der Waals surface area (Å²) >= 11 is 5.83. The Labute approximate surface area is 119 Å². The third-order valence-corrected chi connectivity index (χ3v) is 2.90. The zero-order valence-corrected chi connectivity index (χ0v) is 10.8. The van der Waals surface area contributed by atoms with Crippen LogP contribution < -0.4 is 15.4 Å². The maximum atomic E-state index is 11.8. The smallest absolute Gasteiger partial charge is 0.405 e. The maximum absolute atomic E-state index is 11.8. The molecule has 2 rings (SSSR count). The summed E-state index contributed by atoms with van der Waals surface area (Å²) in [5.41, 5.74) is 0.482. The Morgan fingerprint density at radius 3 is 3.05 bits per heavy atom. The van der Waals surface area contributed by atoms with Crippen LogP contribution in [0.25, 0.3) is 0 Å². The molecule has 1 aromatic carbocycles. The largest absolute Gasteiger partial charge is 0.478 e. The number of carbonyl (C=O) groups is 2. The molecule has 0 unspecified atom stereocenters. The molecule has 1 heterocycles. The van der Waals surface area contributed by atoms with E-state index in [-0.39, 0.29) is 6.42 Å². The fraction of sp³-hybridized carbons (Fsp3) is 0.250. The molecule has 0 spiro atoms. The van der Waals surface area contributed by atoms with Crippen molar-refractivity contribution in [3.8, 4) is 11.8 Å². The van der Waals surface area contributed by atoms with Crippen molar-refractivity contribution in [2.24, 2.45) is 0 Å². The molecule has 7 nitrogen and oxygen atoms in total. The average Bonchev–Trinajstić information content (AvgIpc) is 2.38. The van der Waals surface area contributed by atoms with Gasteiger partial charge >= 0.3 is 6.09 Å². The molecule has 20 heavy (non-hydrogen) atoms. The number of fused-ring (bicyclic) bond motifs is 1. The second kappa shape index (κ2) is 5.67. The summed E-state index contributed by atoms with van der Waals surface area (Å²) < 4.78 is 5.46. The molecule has 1 aliphatic rings. The van der Waals surface area contributed by atoms with Crippen LogP contribution in [0.3, 0.4) is 0 Å². The average molecular weight is 296 g/mol. The minimum Gasteiger partial charge on any atom is -0.478 e. The Morgan fingerprint density at radius 1 is 1.65 bits per heavy atom. The van der Waals surface area contributed by atoms with Gasteiger partial charge in [0.2, 0.25) is 0 Å². The van der Waals surface area contributed by atoms with Crippen LogP contribution in [0.1, 0.15) is 6.42 Å². The normalized spacial score (nSPS) is 18.0. The zero-order chi connectivity index (χ0) is 14.7. The summed E-state index contributed by atoms with van der Waals surface area (Å²) in [5.74, 6) is -0.0543. The first kappa shape index (κ1) is 14.0. The van der Waals surface area contributed by atoms with Gasteiger partial charge < -0.3 is 20.5 Å². The summed E-state index contributed by atoms with van der Waals surface area (Å²) in [4.78, 5) is 22.3. The van der Waals surface area contributed by atoms with Gasteiger partial charge in [-0.05, 0) is 12.1 Å². The van der Waals surface area contributed by atoms with Crippen LogP contribution in [0.4, 0.5) is 10.5 Å². The van der Waals surface area contributed by atoms with Gasteiger partial charge in [0.15, 0.2) is 6.10 Å². The lowest BCUT2D eigenvalue weighted by molar-refractivity contribution is -0.123. The van der Waals surface area contributed by atoms with Crippen LogP contribution in [0.15, 0.2) is 18.2 Å². The Kier molecular flexibility index (Phi) is 3.96. The number of nitriles is 1. The molecule has 8 heteroatoms. The lowest BCUT2D eigenvalue weighted by Crippen LogP contribution is -2.43. The molecule has 0 aliphatic carbocycles. The van der Waals surface area contributed by atoms with Crippen molar-refractivity contribution in [1.29, 1.82) is 5.26 Å². The van der Waals surface area contributed by atoms with Crippen molar-refractivity contribution < 1.29 is 19.4 Å². The van der Waals surface area contributed by atoms with Gasteiger partial charge in [-0.25, -0.2) is 4.79 Å². The van der Waals surface area contributed by atoms with E-state index in [1.807, 2.05) is 5.32 Å². The molecule has 2 amide bonds. The summed E-state index contributed by atoms with van der Waals surface area (Å²) in [6, 6.07) is 5.46. The highest BCUT2D eigenvalue weighted by atomic mass is 35.5. The molecule has 3 N–H and O–H groups in total. The van der Waals surface area contributed by atoms with E-state index in [9.17, 15) is 9.59 Å². The highest BCUT2D eigenvalue weighted by Crippen LogP contribution is 2.32. The second-order valence-corrected chi connectivity index (χ2v) is 4.54. The van der Waals surface area contributed by atoms with Crippen LogP contribution in [0.5, 0.6) is 5.75 Å². The quantitative estimate of drug-likeness (QED) is 0.784. The summed E-state index contributed by atoms with van der Waals surface area (Å²) in [6.45, 7) is 0. The van der Waals surface area contributed by atoms with Crippen molar-refractivity contribution in [3.63, 3.8) is 0 Å². The predicted molar refractivity (Wildman–Crippen MR) is 69.7 cm³/mol. The topological polar surface area (TPSA) is 111 Å². The Hall–Kier alpha value is -2.46. The Bertz CT molecular complexity index is 599. The van der Waals surface area contributed by atoms with Crippen LogP contribution in [-0.2, 0) is 4.79 Å². The van der Waals surface area contributed by atoms with Crippen LogP contribution in [0.2, 0.25) is 5.02 Å². The number of carbonyl (C=O) groups excluding carboxylic acids is 1. The van der Waals surface area contributed by atoms with Crippen molar-refractivity contribution >= 4 is 29.3 Å². The van der Waals surface area contributed by atoms with E-state index in [0.29, 0.717) is 16.5 Å². The number of nitrogens with zero attached hydrogens (tertiary/aromatic N) is 1. The molecule has 0 aromatic heterocycles. The summed E-state index contributed by atoms with van der Waals surface area (Å²) in [7, 11) is 0. The third kappa shape index (κ3) is 3.10. The lowest BCUT2D eigenvalue weighted by atomic mass is 10.1. The third-order valence-electron chi connectivity index (χ3n) is 2.67. The molecule has 0 radical (unpaired) electrons. The van der Waals surface area contributed by atoms with E-state index in [4.69, 9.17) is 26.7 Å². The molecular weight excluding hydrogens is 286 g/mol. The van der Waals surface area contributed by atoms with E-state index >= 15 is 0 Å². The van der Waals surface area contributed by atoms with Crippen molar-refractivity contribution in [2.75, 3.05) is 5.32 Å². The van der Waals surface area contributed by atoms with Gasteiger partial charge in [0, 0.05) is 17.5 Å². The van der Waals surface area contributed by atoms with Gasteiger partial charge in [0.25, 0.3) is 5.91 Å². The van der Waals surface area contributed by atoms with Gasteiger partial charge in [0.1, 0.15) is 11.8 Å². The van der Waals surface area contributed by atoms with Gasteiger partial charge in [-0.1, -0.05) is 11.6 Å². The zero-order valence-electron chi connectivity index (χ0n) is 10.1. The molecule has 104 valence electrons. The van der Waals surface area contributed by atoms with Crippen LogP contribution in [-0.4, -0.2) is 29.3 Å². The van der Waals surface area contributed by atoms with E-state index in [0.717, 1.165) is 0 Å². The number of hydrogen-bond donors (Lipinski definition) is 3. The molecule has 0 saturated heterocycles. The van der Waals surface area contributed by atoms with E-state index < -0.39 is 24.1 Å². The standard InChI is InChI=1S/C12H10ClN3O4/c13-6-1-2-8-9(3-6)20-10(11(17)16-8)4-7(5-14)15-12(18)19/h1-3,7,10,15H,4H2,(H,16,17)(H,18,19)/t7-,10-/m0/s1. The van der Waals surface area contributed by atoms with Crippen molar-refractivity contribution in [3.05, 3.63) is 23.2 Å². The summed E-state index contributed by atoms with van der Waals surface area (Å²) in [6.07, 6.45) is -2.39. The number of rotatable bonds is 3. The number of halogens is 1. The summed E-state index contributed by atoms with van der Waals surface area (Å²) in [5, 5.41) is 22.5. The minimum atomic E-state index is -1.34. The number of amides is 2. The molecule has 2 atom stereocenters. The fourth-order valence-corrected chi connectivity index (χ4v) is 1.94. The number of anilines is 1. The van der Waals surface area contributed by atoms with Gasteiger partial charge in [0.05, 0.1) is 11.8 Å². The van der Waals surface area contributed by atoms with Crippen molar-refractivity contribution in [1.82, 2.24) is 5.32 Å². The Morgan fingerprint density at radius 2 is 2.40 bits per heavy atom. The van der Waals surface area contributed by atoms with E-state index in [1.54, 1.807) is 18.2 Å². The van der Waals surface area contributed by atoms with E-state index in [1.165, 1.54) is 6.07 Å². The Balaban J connectivity index is 2.12. The molecule has 0 fully saturated rings. The number of ether oxygens (including phenoxy) is 1. The second-order valence-electron chi connectivity index (χ2n) is 4.10.